The topological polar surface area (TPSA) is 66.8 Å². The Hall–Kier alpha value is -1.26. The first-order chi connectivity index (χ1) is 7.24. The number of carboxylic acids is 1. The van der Waals surface area contributed by atoms with Crippen molar-refractivity contribution < 1.29 is 19.4 Å². The van der Waals surface area contributed by atoms with Gasteiger partial charge in [0.1, 0.15) is 5.60 Å². The van der Waals surface area contributed by atoms with Crippen LogP contribution in [0.5, 0.6) is 0 Å². The van der Waals surface area contributed by atoms with Gasteiger partial charge in [0.05, 0.1) is 5.41 Å². The molecule has 90 valence electrons. The Morgan fingerprint density at radius 1 is 1.44 bits per heavy atom. The van der Waals surface area contributed by atoms with Crippen LogP contribution in [0.25, 0.3) is 0 Å². The molecular weight excluding hydrogens is 210 g/mol. The van der Waals surface area contributed by atoms with Gasteiger partial charge in [-0.15, -0.1) is 0 Å². The third kappa shape index (κ3) is 1.74. The van der Waals surface area contributed by atoms with Crippen molar-refractivity contribution in [3.05, 3.63) is 0 Å². The van der Waals surface area contributed by atoms with E-state index in [-0.39, 0.29) is 5.92 Å². The summed E-state index contributed by atoms with van der Waals surface area (Å²) in [7, 11) is 0. The van der Waals surface area contributed by atoms with Crippen molar-refractivity contribution >= 4 is 12.1 Å². The Morgan fingerprint density at radius 2 is 2.06 bits per heavy atom. The number of fused-ring (bicyclic) bond motifs is 1. The van der Waals surface area contributed by atoms with Crippen molar-refractivity contribution in [3.8, 4) is 0 Å². The summed E-state index contributed by atoms with van der Waals surface area (Å²) in [6.45, 7) is 6.21. The lowest BCUT2D eigenvalue weighted by atomic mass is 10.1. The SMILES string of the molecule is CC(C)(C)OC(=O)N1C[C@@H]2C[C@]2(C(=O)O)C1. The molecule has 16 heavy (non-hydrogen) atoms. The lowest BCUT2D eigenvalue weighted by Gasteiger charge is -2.25. The summed E-state index contributed by atoms with van der Waals surface area (Å²) in [5, 5.41) is 9.07. The van der Waals surface area contributed by atoms with Crippen LogP contribution in [-0.2, 0) is 9.53 Å². The minimum absolute atomic E-state index is 0.123. The monoisotopic (exact) mass is 227 g/mol. The fourth-order valence-electron chi connectivity index (χ4n) is 2.28. The average molecular weight is 227 g/mol. The van der Waals surface area contributed by atoms with Gasteiger partial charge in [-0.25, -0.2) is 4.79 Å². The molecule has 0 spiro atoms. The predicted molar refractivity (Wildman–Crippen MR) is 56.0 cm³/mol. The smallest absolute Gasteiger partial charge is 0.410 e. The van der Waals surface area contributed by atoms with E-state index in [1.165, 1.54) is 4.90 Å². The number of ether oxygens (including phenoxy) is 1. The number of rotatable bonds is 1. The van der Waals surface area contributed by atoms with Crippen molar-refractivity contribution in [2.45, 2.75) is 32.8 Å². The average Bonchev–Trinajstić information content (AvgIpc) is 2.67. The molecular formula is C11H17NO4. The van der Waals surface area contributed by atoms with E-state index >= 15 is 0 Å². The molecule has 0 aromatic heterocycles. The highest BCUT2D eigenvalue weighted by Gasteiger charge is 2.66. The molecule has 1 saturated heterocycles. The molecule has 1 saturated carbocycles. The minimum Gasteiger partial charge on any atom is -0.481 e. The number of hydrogen-bond acceptors (Lipinski definition) is 3. The summed E-state index contributed by atoms with van der Waals surface area (Å²) in [4.78, 5) is 24.2. The molecule has 1 heterocycles. The first-order valence-electron chi connectivity index (χ1n) is 5.46. The number of carbonyl (C=O) groups excluding carboxylic acids is 1. The number of piperidine rings is 1. The molecule has 0 radical (unpaired) electrons. The van der Waals surface area contributed by atoms with Crippen molar-refractivity contribution in [1.82, 2.24) is 4.90 Å². The van der Waals surface area contributed by atoms with Crippen LogP contribution < -0.4 is 0 Å². The van der Waals surface area contributed by atoms with Crippen molar-refractivity contribution in [2.24, 2.45) is 11.3 Å². The van der Waals surface area contributed by atoms with E-state index in [2.05, 4.69) is 0 Å². The van der Waals surface area contributed by atoms with E-state index in [0.29, 0.717) is 19.5 Å². The van der Waals surface area contributed by atoms with E-state index in [9.17, 15) is 9.59 Å². The van der Waals surface area contributed by atoms with Gasteiger partial charge >= 0.3 is 12.1 Å². The molecule has 0 bridgehead atoms. The highest BCUT2D eigenvalue weighted by Crippen LogP contribution is 2.57. The summed E-state index contributed by atoms with van der Waals surface area (Å²) in [5.41, 5.74) is -1.20. The van der Waals surface area contributed by atoms with Crippen molar-refractivity contribution in [2.75, 3.05) is 13.1 Å². The first-order valence-corrected chi connectivity index (χ1v) is 5.46. The van der Waals surface area contributed by atoms with Crippen LogP contribution in [0.2, 0.25) is 0 Å². The molecule has 2 atom stereocenters. The highest BCUT2D eigenvalue weighted by atomic mass is 16.6. The normalized spacial score (nSPS) is 32.2. The molecule has 0 aromatic carbocycles. The van der Waals surface area contributed by atoms with E-state index in [0.717, 1.165) is 0 Å². The van der Waals surface area contributed by atoms with Gasteiger partial charge in [0.25, 0.3) is 0 Å². The molecule has 1 aliphatic heterocycles. The summed E-state index contributed by atoms with van der Waals surface area (Å²) in [6.07, 6.45) is 0.294. The number of nitrogens with zero attached hydrogens (tertiary/aromatic N) is 1. The van der Waals surface area contributed by atoms with E-state index < -0.39 is 23.1 Å². The zero-order valence-corrected chi connectivity index (χ0v) is 9.82. The summed E-state index contributed by atoms with van der Waals surface area (Å²) >= 11 is 0. The third-order valence-corrected chi connectivity index (χ3v) is 3.22. The van der Waals surface area contributed by atoms with Crippen LogP contribution in [0.1, 0.15) is 27.2 Å². The molecule has 2 fully saturated rings. The maximum Gasteiger partial charge on any atom is 0.410 e. The van der Waals surface area contributed by atoms with Crippen LogP contribution in [0.3, 0.4) is 0 Å². The maximum absolute atomic E-state index is 11.7. The van der Waals surface area contributed by atoms with Gasteiger partial charge < -0.3 is 14.7 Å². The molecule has 2 rings (SSSR count). The molecule has 1 N–H and O–H groups in total. The second kappa shape index (κ2) is 3.12. The van der Waals surface area contributed by atoms with Crippen LogP contribution in [0, 0.1) is 11.3 Å². The van der Waals surface area contributed by atoms with E-state index in [1.807, 2.05) is 0 Å². The van der Waals surface area contributed by atoms with Gasteiger partial charge in [0.2, 0.25) is 0 Å². The third-order valence-electron chi connectivity index (χ3n) is 3.22. The second-order valence-corrected chi connectivity index (χ2v) is 5.72. The van der Waals surface area contributed by atoms with Crippen molar-refractivity contribution in [1.29, 1.82) is 0 Å². The van der Waals surface area contributed by atoms with Gasteiger partial charge in [0, 0.05) is 13.1 Å². The Balaban J connectivity index is 1.96. The lowest BCUT2D eigenvalue weighted by molar-refractivity contribution is -0.143. The number of hydrogen-bond donors (Lipinski definition) is 1. The molecule has 5 nitrogen and oxygen atoms in total. The van der Waals surface area contributed by atoms with Gasteiger partial charge in [-0.05, 0) is 33.1 Å². The number of carbonyl (C=O) groups is 2. The van der Waals surface area contributed by atoms with E-state index in [4.69, 9.17) is 9.84 Å². The zero-order valence-electron chi connectivity index (χ0n) is 9.82. The van der Waals surface area contributed by atoms with Crippen LogP contribution >= 0.6 is 0 Å². The summed E-state index contributed by atoms with van der Waals surface area (Å²) in [6, 6.07) is 0. The number of aliphatic carboxylic acids is 1. The standard InChI is InChI=1S/C11H17NO4/c1-10(2,3)16-9(15)12-5-7-4-11(7,6-12)8(13)14/h7H,4-6H2,1-3H3,(H,13,14)/t7-,11-/m0/s1. The molecule has 1 amide bonds. The Kier molecular flexibility index (Phi) is 2.19. The number of carboxylic acid groups (broad SMARTS) is 1. The fourth-order valence-corrected chi connectivity index (χ4v) is 2.28. The zero-order chi connectivity index (χ0) is 12.1. The van der Waals surface area contributed by atoms with E-state index in [1.54, 1.807) is 20.8 Å². The molecule has 0 aromatic rings. The van der Waals surface area contributed by atoms with Gasteiger partial charge in [-0.3, -0.25) is 4.79 Å². The van der Waals surface area contributed by atoms with Gasteiger partial charge in [-0.1, -0.05) is 0 Å². The number of likely N-dealkylation sites (tertiary alicyclic amines) is 1. The molecule has 2 aliphatic rings. The summed E-state index contributed by atoms with van der Waals surface area (Å²) < 4.78 is 5.21. The van der Waals surface area contributed by atoms with Crippen LogP contribution in [0.4, 0.5) is 4.79 Å². The quantitative estimate of drug-likeness (QED) is 0.733. The minimum atomic E-state index is -0.788. The molecule has 1 aliphatic carbocycles. The lowest BCUT2D eigenvalue weighted by Crippen LogP contribution is -2.38. The molecule has 0 unspecified atom stereocenters. The Labute approximate surface area is 94.4 Å². The highest BCUT2D eigenvalue weighted by molar-refractivity contribution is 5.82. The second-order valence-electron chi connectivity index (χ2n) is 5.72. The largest absolute Gasteiger partial charge is 0.481 e. The summed E-state index contributed by atoms with van der Waals surface area (Å²) in [5.74, 6) is -0.666. The van der Waals surface area contributed by atoms with Crippen LogP contribution in [0.15, 0.2) is 0 Å². The van der Waals surface area contributed by atoms with Gasteiger partial charge in [-0.2, -0.15) is 0 Å². The first kappa shape index (κ1) is 11.2. The maximum atomic E-state index is 11.7. The Bertz CT molecular complexity index is 346. The molecule has 5 heteroatoms. The fraction of sp³-hybridized carbons (Fsp3) is 0.818. The van der Waals surface area contributed by atoms with Gasteiger partial charge in [0.15, 0.2) is 0 Å². The van der Waals surface area contributed by atoms with Crippen LogP contribution in [-0.4, -0.2) is 40.8 Å². The van der Waals surface area contributed by atoms with Crippen molar-refractivity contribution in [3.63, 3.8) is 0 Å². The predicted octanol–water partition coefficient (Wildman–Crippen LogP) is 1.33. The Morgan fingerprint density at radius 3 is 2.50 bits per heavy atom. The number of amides is 1.